The van der Waals surface area contributed by atoms with Crippen LogP contribution in [0, 0.1) is 0 Å². The highest BCUT2D eigenvalue weighted by Crippen LogP contribution is 2.28. The summed E-state index contributed by atoms with van der Waals surface area (Å²) in [5.41, 5.74) is 0. The van der Waals surface area contributed by atoms with Gasteiger partial charge in [0.25, 0.3) is 0 Å². The second kappa shape index (κ2) is 5.50. The summed E-state index contributed by atoms with van der Waals surface area (Å²) in [6.07, 6.45) is 4.18. The zero-order valence-electron chi connectivity index (χ0n) is 9.45. The molecule has 0 saturated heterocycles. The van der Waals surface area contributed by atoms with Crippen molar-refractivity contribution in [3.8, 4) is 0 Å². The van der Waals surface area contributed by atoms with Gasteiger partial charge in [-0.1, -0.05) is 24.4 Å². The lowest BCUT2D eigenvalue weighted by molar-refractivity contribution is 0.0862. The molecule has 0 bridgehead atoms. The lowest BCUT2D eigenvalue weighted by Crippen LogP contribution is -2.42. The van der Waals surface area contributed by atoms with Gasteiger partial charge in [0.05, 0.1) is 10.4 Å². The number of halogens is 1. The van der Waals surface area contributed by atoms with Crippen molar-refractivity contribution in [1.82, 2.24) is 5.32 Å². The van der Waals surface area contributed by atoms with E-state index in [9.17, 15) is 5.11 Å². The third-order valence-electron chi connectivity index (χ3n) is 3.21. The molecule has 0 aromatic carbocycles. The molecule has 90 valence electrons. The largest absolute Gasteiger partial charge is 0.392 e. The van der Waals surface area contributed by atoms with Crippen LogP contribution in [0.4, 0.5) is 0 Å². The second-order valence-electron chi connectivity index (χ2n) is 4.49. The molecule has 1 aromatic rings. The van der Waals surface area contributed by atoms with Gasteiger partial charge in [-0.05, 0) is 31.9 Å². The molecule has 1 aliphatic carbocycles. The molecule has 2 nitrogen and oxygen atoms in total. The average molecular weight is 260 g/mol. The summed E-state index contributed by atoms with van der Waals surface area (Å²) in [7, 11) is 0. The number of hydrogen-bond acceptors (Lipinski definition) is 3. The summed E-state index contributed by atoms with van der Waals surface area (Å²) in [6, 6.07) is 4.50. The van der Waals surface area contributed by atoms with E-state index in [0.29, 0.717) is 0 Å². The highest BCUT2D eigenvalue weighted by atomic mass is 35.5. The molecule has 3 atom stereocenters. The Morgan fingerprint density at radius 1 is 1.44 bits per heavy atom. The van der Waals surface area contributed by atoms with Gasteiger partial charge in [-0.2, -0.15) is 0 Å². The topological polar surface area (TPSA) is 32.3 Å². The van der Waals surface area contributed by atoms with Crippen LogP contribution in [-0.2, 0) is 0 Å². The summed E-state index contributed by atoms with van der Waals surface area (Å²) in [6.45, 7) is 2.13. The van der Waals surface area contributed by atoms with Gasteiger partial charge in [0.2, 0.25) is 0 Å². The van der Waals surface area contributed by atoms with Gasteiger partial charge in [0.1, 0.15) is 0 Å². The van der Waals surface area contributed by atoms with E-state index in [1.807, 2.05) is 6.07 Å². The Labute approximate surface area is 106 Å². The highest BCUT2D eigenvalue weighted by molar-refractivity contribution is 7.16. The third kappa shape index (κ3) is 2.98. The number of rotatable bonds is 3. The summed E-state index contributed by atoms with van der Waals surface area (Å²) < 4.78 is 0.827. The molecule has 1 aromatic heterocycles. The smallest absolute Gasteiger partial charge is 0.0931 e. The molecule has 0 spiro atoms. The minimum Gasteiger partial charge on any atom is -0.392 e. The maximum atomic E-state index is 9.88. The van der Waals surface area contributed by atoms with Crippen LogP contribution < -0.4 is 5.32 Å². The fraction of sp³-hybridized carbons (Fsp3) is 0.667. The molecule has 0 radical (unpaired) electrons. The predicted octanol–water partition coefficient (Wildman–Crippen LogP) is 3.36. The minimum absolute atomic E-state index is 0.188. The van der Waals surface area contributed by atoms with Gasteiger partial charge in [-0.3, -0.25) is 0 Å². The zero-order valence-corrected chi connectivity index (χ0v) is 11.0. The molecule has 1 saturated carbocycles. The normalized spacial score (nSPS) is 27.9. The lowest BCUT2D eigenvalue weighted by Gasteiger charge is -2.30. The molecule has 1 fully saturated rings. The van der Waals surface area contributed by atoms with Gasteiger partial charge in [0, 0.05) is 17.0 Å². The van der Waals surface area contributed by atoms with Gasteiger partial charge in [0.15, 0.2) is 0 Å². The van der Waals surface area contributed by atoms with Gasteiger partial charge >= 0.3 is 0 Å². The van der Waals surface area contributed by atoms with E-state index in [0.717, 1.165) is 23.6 Å². The van der Waals surface area contributed by atoms with E-state index < -0.39 is 0 Å². The molecule has 16 heavy (non-hydrogen) atoms. The predicted molar refractivity (Wildman–Crippen MR) is 69.1 cm³/mol. The van der Waals surface area contributed by atoms with Crippen molar-refractivity contribution in [1.29, 1.82) is 0 Å². The van der Waals surface area contributed by atoms with Crippen LogP contribution in [0.5, 0.6) is 0 Å². The zero-order chi connectivity index (χ0) is 11.5. The Hall–Kier alpha value is -0.0900. The lowest BCUT2D eigenvalue weighted by atomic mass is 9.92. The number of hydrogen-bond donors (Lipinski definition) is 2. The number of aliphatic hydroxyl groups is 1. The first-order valence-electron chi connectivity index (χ1n) is 5.86. The first-order valence-corrected chi connectivity index (χ1v) is 7.05. The summed E-state index contributed by atoms with van der Waals surface area (Å²) in [5.74, 6) is 0. The van der Waals surface area contributed by atoms with E-state index in [-0.39, 0.29) is 18.2 Å². The van der Waals surface area contributed by atoms with Gasteiger partial charge < -0.3 is 10.4 Å². The molecule has 0 aliphatic heterocycles. The van der Waals surface area contributed by atoms with Gasteiger partial charge in [-0.25, -0.2) is 0 Å². The first kappa shape index (κ1) is 12.4. The molecular weight excluding hydrogens is 242 g/mol. The fourth-order valence-electron chi connectivity index (χ4n) is 2.27. The van der Waals surface area contributed by atoms with Crippen molar-refractivity contribution in [2.75, 3.05) is 0 Å². The number of aliphatic hydroxyl groups excluding tert-OH is 1. The van der Waals surface area contributed by atoms with E-state index >= 15 is 0 Å². The SMILES string of the molecule is CC(N[C@@H]1CCCC[C@H]1O)c1ccc(Cl)s1. The molecule has 1 heterocycles. The van der Waals surface area contributed by atoms with E-state index in [1.165, 1.54) is 11.3 Å². The summed E-state index contributed by atoms with van der Waals surface area (Å²) in [4.78, 5) is 1.24. The number of nitrogens with one attached hydrogen (secondary N) is 1. The van der Waals surface area contributed by atoms with Crippen LogP contribution in [0.25, 0.3) is 0 Å². The van der Waals surface area contributed by atoms with Crippen molar-refractivity contribution < 1.29 is 5.11 Å². The van der Waals surface area contributed by atoms with Gasteiger partial charge in [-0.15, -0.1) is 11.3 Å². The van der Waals surface area contributed by atoms with E-state index in [1.54, 1.807) is 11.3 Å². The van der Waals surface area contributed by atoms with Crippen molar-refractivity contribution >= 4 is 22.9 Å². The van der Waals surface area contributed by atoms with Crippen LogP contribution in [0.2, 0.25) is 4.34 Å². The average Bonchev–Trinajstić information content (AvgIpc) is 2.68. The quantitative estimate of drug-likeness (QED) is 0.873. The van der Waals surface area contributed by atoms with Crippen molar-refractivity contribution in [3.05, 3.63) is 21.3 Å². The molecular formula is C12H18ClNOS. The van der Waals surface area contributed by atoms with Crippen LogP contribution >= 0.6 is 22.9 Å². The Bertz CT molecular complexity index is 342. The molecule has 1 aliphatic rings. The van der Waals surface area contributed by atoms with Crippen molar-refractivity contribution in [2.45, 2.75) is 50.8 Å². The molecule has 0 amide bonds. The monoisotopic (exact) mass is 259 g/mol. The fourth-order valence-corrected chi connectivity index (χ4v) is 3.34. The highest BCUT2D eigenvalue weighted by Gasteiger charge is 2.24. The second-order valence-corrected chi connectivity index (χ2v) is 6.24. The Morgan fingerprint density at radius 3 is 2.81 bits per heavy atom. The van der Waals surface area contributed by atoms with E-state index in [4.69, 9.17) is 11.6 Å². The van der Waals surface area contributed by atoms with Crippen LogP contribution in [0.3, 0.4) is 0 Å². The Balaban J connectivity index is 1.93. The molecule has 2 N–H and O–H groups in total. The Morgan fingerprint density at radius 2 is 2.19 bits per heavy atom. The summed E-state index contributed by atoms with van der Waals surface area (Å²) in [5, 5.41) is 13.4. The van der Waals surface area contributed by atoms with Crippen molar-refractivity contribution in [2.24, 2.45) is 0 Å². The maximum absolute atomic E-state index is 9.88. The standard InChI is InChI=1S/C12H18ClNOS/c1-8(11-6-7-12(13)16-11)14-9-4-2-3-5-10(9)15/h6-10,14-15H,2-5H2,1H3/t8?,9-,10-/m1/s1. The third-order valence-corrected chi connectivity index (χ3v) is 4.63. The summed E-state index contributed by atoms with van der Waals surface area (Å²) >= 11 is 7.52. The van der Waals surface area contributed by atoms with Crippen LogP contribution in [0.1, 0.15) is 43.5 Å². The Kier molecular flexibility index (Phi) is 4.25. The minimum atomic E-state index is -0.188. The van der Waals surface area contributed by atoms with Crippen LogP contribution in [0.15, 0.2) is 12.1 Å². The molecule has 4 heteroatoms. The molecule has 1 unspecified atom stereocenters. The first-order chi connectivity index (χ1) is 7.66. The molecule has 2 rings (SSSR count). The van der Waals surface area contributed by atoms with Crippen molar-refractivity contribution in [3.63, 3.8) is 0 Å². The number of thiophene rings is 1. The van der Waals surface area contributed by atoms with Crippen LogP contribution in [-0.4, -0.2) is 17.3 Å². The maximum Gasteiger partial charge on any atom is 0.0931 e. The van der Waals surface area contributed by atoms with E-state index in [2.05, 4.69) is 18.3 Å².